The Labute approximate surface area is 201 Å². The second-order valence-corrected chi connectivity index (χ2v) is 8.79. The van der Waals surface area contributed by atoms with Crippen molar-refractivity contribution in [1.29, 1.82) is 5.26 Å². The number of allylic oxidation sites excluding steroid dienone is 1. The van der Waals surface area contributed by atoms with Crippen molar-refractivity contribution in [2.45, 2.75) is 11.8 Å². The zero-order chi connectivity index (χ0) is 23.5. The predicted molar refractivity (Wildman–Crippen MR) is 130 cm³/mol. The van der Waals surface area contributed by atoms with E-state index in [9.17, 15) is 10.1 Å². The number of ether oxygens (including phenoxy) is 2. The number of nitrogens with two attached hydrogens (primary N) is 1. The first-order chi connectivity index (χ1) is 16.7. The Kier molecular flexibility index (Phi) is 5.86. The maximum Gasteiger partial charge on any atom is 0.323 e. The molecule has 3 aromatic carbocycles. The van der Waals surface area contributed by atoms with Gasteiger partial charge in [0.2, 0.25) is 5.88 Å². The van der Waals surface area contributed by atoms with E-state index in [1.54, 1.807) is 23.5 Å². The topological polar surface area (TPSA) is 85.3 Å². The van der Waals surface area contributed by atoms with Crippen LogP contribution < -0.4 is 15.2 Å². The van der Waals surface area contributed by atoms with Crippen molar-refractivity contribution >= 4 is 17.3 Å². The van der Waals surface area contributed by atoms with Crippen LogP contribution in [0.25, 0.3) is 0 Å². The van der Waals surface area contributed by atoms with Gasteiger partial charge in [-0.3, -0.25) is 4.79 Å². The van der Waals surface area contributed by atoms with E-state index in [-0.39, 0.29) is 11.8 Å². The molecule has 4 aromatic rings. The maximum absolute atomic E-state index is 13.4. The number of nitriles is 1. The summed E-state index contributed by atoms with van der Waals surface area (Å²) < 4.78 is 11.6. The summed E-state index contributed by atoms with van der Waals surface area (Å²) in [6.07, 6.45) is 0. The molecule has 1 unspecified atom stereocenters. The van der Waals surface area contributed by atoms with Gasteiger partial charge in [0.05, 0.1) is 5.92 Å². The molecule has 0 radical (unpaired) electrons. The molecule has 0 saturated carbocycles. The molecule has 0 spiro atoms. The molecule has 1 aliphatic heterocycles. The number of esters is 1. The molecule has 5 rings (SSSR count). The lowest BCUT2D eigenvalue weighted by Gasteiger charge is -2.26. The molecule has 6 heteroatoms. The Hall–Kier alpha value is -4.34. The van der Waals surface area contributed by atoms with E-state index < -0.39 is 11.9 Å². The minimum absolute atomic E-state index is 0.0586. The number of thiophene rings is 1. The van der Waals surface area contributed by atoms with Gasteiger partial charge in [-0.15, -0.1) is 11.3 Å². The van der Waals surface area contributed by atoms with Crippen molar-refractivity contribution in [1.82, 2.24) is 0 Å². The van der Waals surface area contributed by atoms with Crippen LogP contribution in [0.4, 0.5) is 0 Å². The molecule has 1 atom stereocenters. The normalized spacial score (nSPS) is 14.8. The fourth-order valence-corrected chi connectivity index (χ4v) is 5.03. The molecular weight excluding hydrogens is 444 g/mol. The highest BCUT2D eigenvalue weighted by molar-refractivity contribution is 7.10. The summed E-state index contributed by atoms with van der Waals surface area (Å²) in [4.78, 5) is 14.3. The molecule has 2 N–H and O–H groups in total. The quantitative estimate of drug-likeness (QED) is 0.302. The van der Waals surface area contributed by atoms with Crippen molar-refractivity contribution in [3.8, 4) is 17.6 Å². The summed E-state index contributed by atoms with van der Waals surface area (Å²) >= 11 is 1.55. The van der Waals surface area contributed by atoms with Gasteiger partial charge in [-0.1, -0.05) is 72.8 Å². The largest absolute Gasteiger partial charge is 0.440 e. The van der Waals surface area contributed by atoms with Crippen LogP contribution in [0, 0.1) is 11.3 Å². The number of carbonyl (C=O) groups is 1. The minimum atomic E-state index is -0.576. The van der Waals surface area contributed by atoms with Crippen molar-refractivity contribution < 1.29 is 14.3 Å². The second-order valence-electron chi connectivity index (χ2n) is 7.82. The first-order valence-electron chi connectivity index (χ1n) is 10.7. The lowest BCUT2D eigenvalue weighted by Crippen LogP contribution is -2.22. The zero-order valence-electron chi connectivity index (χ0n) is 18.0. The molecule has 166 valence electrons. The molecule has 0 amide bonds. The summed E-state index contributed by atoms with van der Waals surface area (Å²) in [5.74, 6) is -0.421. The smallest absolute Gasteiger partial charge is 0.323 e. The molecule has 0 saturated heterocycles. The van der Waals surface area contributed by atoms with Crippen LogP contribution in [0.1, 0.15) is 33.4 Å². The van der Waals surface area contributed by atoms with Crippen LogP contribution in [0.5, 0.6) is 11.5 Å². The highest BCUT2D eigenvalue weighted by Gasteiger charge is 2.32. The van der Waals surface area contributed by atoms with Crippen molar-refractivity contribution in [3.63, 3.8) is 0 Å². The third-order valence-corrected chi connectivity index (χ3v) is 6.68. The van der Waals surface area contributed by atoms with Crippen molar-refractivity contribution in [2.75, 3.05) is 0 Å². The summed E-state index contributed by atoms with van der Waals surface area (Å²) in [5, 5.41) is 11.6. The molecule has 5 nitrogen and oxygen atoms in total. The maximum atomic E-state index is 13.4. The third kappa shape index (κ3) is 4.05. The van der Waals surface area contributed by atoms with Gasteiger partial charge in [0.15, 0.2) is 0 Å². The average Bonchev–Trinajstić information content (AvgIpc) is 3.39. The number of nitrogens with zero attached hydrogens (tertiary/aromatic N) is 1. The molecule has 34 heavy (non-hydrogen) atoms. The van der Waals surface area contributed by atoms with Crippen LogP contribution in [0.15, 0.2) is 108 Å². The SMILES string of the molecule is N#CC1=C(N)Oc2cc(OC(=O)C(c3ccccc3)c3ccccc3)ccc2C1c1cccs1. The monoisotopic (exact) mass is 464 g/mol. The number of carbonyl (C=O) groups excluding carboxylic acids is 1. The lowest BCUT2D eigenvalue weighted by molar-refractivity contribution is -0.135. The molecule has 0 aliphatic carbocycles. The molecule has 1 aliphatic rings. The lowest BCUT2D eigenvalue weighted by atomic mass is 9.88. The van der Waals surface area contributed by atoms with Crippen LogP contribution in [-0.4, -0.2) is 5.97 Å². The van der Waals surface area contributed by atoms with Gasteiger partial charge in [-0.25, -0.2) is 0 Å². The number of rotatable bonds is 5. The van der Waals surface area contributed by atoms with Crippen LogP contribution >= 0.6 is 11.3 Å². The first-order valence-corrected chi connectivity index (χ1v) is 11.6. The Bertz CT molecular complexity index is 1350. The van der Waals surface area contributed by atoms with E-state index in [1.165, 1.54) is 0 Å². The van der Waals surface area contributed by atoms with Gasteiger partial charge in [-0.2, -0.15) is 5.26 Å². The Morgan fingerprint density at radius 2 is 1.65 bits per heavy atom. The minimum Gasteiger partial charge on any atom is -0.440 e. The first kappa shape index (κ1) is 21.5. The van der Waals surface area contributed by atoms with E-state index in [0.717, 1.165) is 21.6 Å². The highest BCUT2D eigenvalue weighted by atomic mass is 32.1. The number of hydrogen-bond donors (Lipinski definition) is 1. The Morgan fingerprint density at radius 3 is 2.24 bits per heavy atom. The molecule has 0 fully saturated rings. The average molecular weight is 465 g/mol. The summed E-state index contributed by atoms with van der Waals surface area (Å²) in [6.45, 7) is 0. The zero-order valence-corrected chi connectivity index (χ0v) is 18.9. The van der Waals surface area contributed by atoms with Gasteiger partial charge >= 0.3 is 5.97 Å². The van der Waals surface area contributed by atoms with Gasteiger partial charge in [0.1, 0.15) is 29.1 Å². The van der Waals surface area contributed by atoms with Crippen LogP contribution in [0.2, 0.25) is 0 Å². The van der Waals surface area contributed by atoms with Gasteiger partial charge < -0.3 is 15.2 Å². The van der Waals surface area contributed by atoms with Crippen LogP contribution in [0.3, 0.4) is 0 Å². The van der Waals surface area contributed by atoms with Crippen molar-refractivity contribution in [3.05, 3.63) is 129 Å². The summed E-state index contributed by atoms with van der Waals surface area (Å²) in [5.41, 5.74) is 8.94. The molecule has 0 bridgehead atoms. The van der Waals surface area contributed by atoms with Crippen molar-refractivity contribution in [2.24, 2.45) is 5.73 Å². The predicted octanol–water partition coefficient (Wildman–Crippen LogP) is 5.70. The van der Waals surface area contributed by atoms with E-state index in [0.29, 0.717) is 17.1 Å². The highest BCUT2D eigenvalue weighted by Crippen LogP contribution is 2.44. The number of hydrogen-bond acceptors (Lipinski definition) is 6. The standard InChI is InChI=1S/C28H20N2O3S/c29-17-22-26(24-12-7-15-34-24)21-14-13-20(16-23(21)33-27(22)30)32-28(31)25(18-8-3-1-4-9-18)19-10-5-2-6-11-19/h1-16,25-26H,30H2. The fraction of sp³-hybridized carbons (Fsp3) is 0.0714. The van der Waals surface area contributed by atoms with E-state index in [4.69, 9.17) is 15.2 Å². The Balaban J connectivity index is 1.48. The van der Waals surface area contributed by atoms with Gasteiger partial charge in [-0.05, 0) is 28.6 Å². The molecular formula is C28H20N2O3S. The summed E-state index contributed by atoms with van der Waals surface area (Å²) in [7, 11) is 0. The fourth-order valence-electron chi connectivity index (χ4n) is 4.18. The van der Waals surface area contributed by atoms with E-state index in [1.807, 2.05) is 84.2 Å². The molecule has 1 aromatic heterocycles. The number of fused-ring (bicyclic) bond motifs is 1. The van der Waals surface area contributed by atoms with E-state index in [2.05, 4.69) is 6.07 Å². The van der Waals surface area contributed by atoms with Crippen LogP contribution in [-0.2, 0) is 4.79 Å². The number of benzene rings is 3. The second kappa shape index (κ2) is 9.26. The third-order valence-electron chi connectivity index (χ3n) is 5.74. The van der Waals surface area contributed by atoms with Gasteiger partial charge in [0.25, 0.3) is 0 Å². The Morgan fingerprint density at radius 1 is 0.971 bits per heavy atom. The van der Waals surface area contributed by atoms with Gasteiger partial charge in [0, 0.05) is 16.5 Å². The molecule has 2 heterocycles. The van der Waals surface area contributed by atoms with E-state index >= 15 is 0 Å². The summed E-state index contributed by atoms with van der Waals surface area (Å²) in [6, 6.07) is 30.4.